The maximum Gasteiger partial charge on any atom is 0.320 e. The van der Waals surface area contributed by atoms with Crippen LogP contribution in [0.25, 0.3) is 0 Å². The van der Waals surface area contributed by atoms with Crippen LogP contribution in [0.15, 0.2) is 0 Å². The molecule has 3 nitrogen and oxygen atoms in total. The molecule has 1 saturated carbocycles. The minimum Gasteiger partial charge on any atom is -0.480 e. The average molecular weight is 229 g/mol. The Morgan fingerprint density at radius 1 is 1.47 bits per heavy atom. The fourth-order valence-electron chi connectivity index (χ4n) is 2.45. The van der Waals surface area contributed by atoms with Gasteiger partial charge in [0.2, 0.25) is 0 Å². The molecule has 1 N–H and O–H groups in total. The standard InChI is InChI=1S/C11H19NO2S/c1-2-10(11(13)14)12(8-3-4-8)9-5-6-15-7-9/h8-10H,2-7H2,1H3,(H,13,14)/t9-,10+/m1/s1. The summed E-state index contributed by atoms with van der Waals surface area (Å²) in [7, 11) is 0. The van der Waals surface area contributed by atoms with Gasteiger partial charge < -0.3 is 5.11 Å². The number of nitrogens with zero attached hydrogens (tertiary/aromatic N) is 1. The van der Waals surface area contributed by atoms with E-state index < -0.39 is 5.97 Å². The van der Waals surface area contributed by atoms with Gasteiger partial charge in [-0.2, -0.15) is 11.8 Å². The Morgan fingerprint density at radius 3 is 2.60 bits per heavy atom. The fourth-order valence-corrected chi connectivity index (χ4v) is 3.67. The van der Waals surface area contributed by atoms with Gasteiger partial charge in [0.15, 0.2) is 0 Å². The van der Waals surface area contributed by atoms with Crippen LogP contribution in [0.1, 0.15) is 32.6 Å². The molecule has 2 atom stereocenters. The zero-order valence-electron chi connectivity index (χ0n) is 9.19. The highest BCUT2D eigenvalue weighted by atomic mass is 32.2. The van der Waals surface area contributed by atoms with E-state index in [1.54, 1.807) is 0 Å². The van der Waals surface area contributed by atoms with E-state index in [9.17, 15) is 9.90 Å². The predicted molar refractivity (Wildman–Crippen MR) is 62.3 cm³/mol. The molecule has 0 unspecified atom stereocenters. The van der Waals surface area contributed by atoms with Gasteiger partial charge in [-0.05, 0) is 31.4 Å². The van der Waals surface area contributed by atoms with Gasteiger partial charge >= 0.3 is 5.97 Å². The van der Waals surface area contributed by atoms with Crippen molar-refractivity contribution in [2.24, 2.45) is 0 Å². The Balaban J connectivity index is 2.06. The lowest BCUT2D eigenvalue weighted by Gasteiger charge is -2.33. The van der Waals surface area contributed by atoms with E-state index in [4.69, 9.17) is 0 Å². The number of carbonyl (C=O) groups is 1. The summed E-state index contributed by atoms with van der Waals surface area (Å²) in [5.41, 5.74) is 0. The Labute approximate surface area is 95.2 Å². The number of thioether (sulfide) groups is 1. The number of hydrogen-bond acceptors (Lipinski definition) is 3. The largest absolute Gasteiger partial charge is 0.480 e. The first-order valence-corrected chi connectivity index (χ1v) is 6.97. The molecular formula is C11H19NO2S. The molecule has 1 aliphatic carbocycles. The molecule has 86 valence electrons. The van der Waals surface area contributed by atoms with Crippen LogP contribution >= 0.6 is 11.8 Å². The van der Waals surface area contributed by atoms with E-state index in [2.05, 4.69) is 4.90 Å². The van der Waals surface area contributed by atoms with Crippen LogP contribution in [0, 0.1) is 0 Å². The second-order valence-corrected chi connectivity index (χ2v) is 5.61. The highest BCUT2D eigenvalue weighted by molar-refractivity contribution is 7.99. The van der Waals surface area contributed by atoms with Crippen LogP contribution in [0.3, 0.4) is 0 Å². The van der Waals surface area contributed by atoms with Gasteiger partial charge in [0, 0.05) is 17.8 Å². The highest BCUT2D eigenvalue weighted by Gasteiger charge is 2.41. The third-order valence-electron chi connectivity index (χ3n) is 3.33. The maximum atomic E-state index is 11.2. The highest BCUT2D eigenvalue weighted by Crippen LogP contribution is 2.35. The van der Waals surface area contributed by atoms with Crippen molar-refractivity contribution >= 4 is 17.7 Å². The SMILES string of the molecule is CC[C@@H](C(=O)O)N(C1CC1)[C@@H]1CCSC1. The Kier molecular flexibility index (Phi) is 3.57. The third-order valence-corrected chi connectivity index (χ3v) is 4.47. The minimum atomic E-state index is -0.638. The van der Waals surface area contributed by atoms with E-state index in [0.717, 1.165) is 12.2 Å². The molecule has 0 aromatic rings. The van der Waals surface area contributed by atoms with Crippen LogP contribution in [-0.4, -0.2) is 45.6 Å². The van der Waals surface area contributed by atoms with Crippen LogP contribution in [0.5, 0.6) is 0 Å². The molecule has 1 aliphatic heterocycles. The van der Waals surface area contributed by atoms with E-state index >= 15 is 0 Å². The van der Waals surface area contributed by atoms with Gasteiger partial charge in [0.05, 0.1) is 0 Å². The van der Waals surface area contributed by atoms with Gasteiger partial charge in [-0.25, -0.2) is 0 Å². The molecular weight excluding hydrogens is 210 g/mol. The van der Waals surface area contributed by atoms with Crippen molar-refractivity contribution in [3.05, 3.63) is 0 Å². The lowest BCUT2D eigenvalue weighted by Crippen LogP contribution is -2.48. The van der Waals surface area contributed by atoms with Crippen molar-refractivity contribution in [3.8, 4) is 0 Å². The van der Waals surface area contributed by atoms with Gasteiger partial charge in [0.1, 0.15) is 6.04 Å². The summed E-state index contributed by atoms with van der Waals surface area (Å²) in [5.74, 6) is 1.69. The molecule has 0 aromatic heterocycles. The summed E-state index contributed by atoms with van der Waals surface area (Å²) < 4.78 is 0. The lowest BCUT2D eigenvalue weighted by atomic mass is 10.1. The number of aliphatic carboxylic acids is 1. The molecule has 0 spiro atoms. The van der Waals surface area contributed by atoms with Crippen molar-refractivity contribution < 1.29 is 9.90 Å². The molecule has 4 heteroatoms. The molecule has 0 radical (unpaired) electrons. The summed E-state index contributed by atoms with van der Waals surface area (Å²) in [6, 6.07) is 0.833. The second-order valence-electron chi connectivity index (χ2n) is 4.46. The van der Waals surface area contributed by atoms with Gasteiger partial charge in [-0.1, -0.05) is 6.92 Å². The van der Waals surface area contributed by atoms with Crippen LogP contribution in [-0.2, 0) is 4.79 Å². The summed E-state index contributed by atoms with van der Waals surface area (Å²) >= 11 is 1.96. The minimum absolute atomic E-state index is 0.249. The zero-order chi connectivity index (χ0) is 10.8. The van der Waals surface area contributed by atoms with Crippen molar-refractivity contribution in [3.63, 3.8) is 0 Å². The van der Waals surface area contributed by atoms with Gasteiger partial charge in [-0.15, -0.1) is 0 Å². The topological polar surface area (TPSA) is 40.5 Å². The van der Waals surface area contributed by atoms with Crippen molar-refractivity contribution in [1.82, 2.24) is 4.90 Å². The first-order valence-electron chi connectivity index (χ1n) is 5.82. The predicted octanol–water partition coefficient (Wildman–Crippen LogP) is 1.82. The van der Waals surface area contributed by atoms with Gasteiger partial charge in [0.25, 0.3) is 0 Å². The zero-order valence-corrected chi connectivity index (χ0v) is 10.0. The molecule has 0 bridgehead atoms. The fraction of sp³-hybridized carbons (Fsp3) is 0.909. The van der Waals surface area contributed by atoms with E-state index in [1.807, 2.05) is 18.7 Å². The Hall–Kier alpha value is -0.220. The van der Waals surface area contributed by atoms with Crippen LogP contribution in [0.4, 0.5) is 0 Å². The molecule has 0 aromatic carbocycles. The number of hydrogen-bond donors (Lipinski definition) is 1. The smallest absolute Gasteiger partial charge is 0.320 e. The average Bonchev–Trinajstić information content (AvgIpc) is 2.88. The first kappa shape index (κ1) is 11.3. The number of rotatable bonds is 5. The third kappa shape index (κ3) is 2.48. The summed E-state index contributed by atoms with van der Waals surface area (Å²) in [6.45, 7) is 1.98. The maximum absolute atomic E-state index is 11.2. The molecule has 15 heavy (non-hydrogen) atoms. The van der Waals surface area contributed by atoms with Crippen LogP contribution < -0.4 is 0 Å². The van der Waals surface area contributed by atoms with E-state index in [0.29, 0.717) is 12.1 Å². The molecule has 2 aliphatic rings. The molecule has 2 rings (SSSR count). The lowest BCUT2D eigenvalue weighted by molar-refractivity contribution is -0.144. The Morgan fingerprint density at radius 2 is 2.20 bits per heavy atom. The van der Waals surface area contributed by atoms with E-state index in [-0.39, 0.29) is 6.04 Å². The Bertz CT molecular complexity index is 237. The number of carboxylic acids is 1. The summed E-state index contributed by atoms with van der Waals surface area (Å²) in [6.07, 6.45) is 4.30. The van der Waals surface area contributed by atoms with Gasteiger partial charge in [-0.3, -0.25) is 9.69 Å². The first-order chi connectivity index (χ1) is 7.24. The van der Waals surface area contributed by atoms with Crippen LogP contribution in [0.2, 0.25) is 0 Å². The molecule has 2 fully saturated rings. The molecule has 1 heterocycles. The quantitative estimate of drug-likeness (QED) is 0.780. The normalized spacial score (nSPS) is 28.3. The second kappa shape index (κ2) is 4.74. The number of carboxylic acid groups (broad SMARTS) is 1. The summed E-state index contributed by atoms with van der Waals surface area (Å²) in [4.78, 5) is 13.5. The molecule has 1 saturated heterocycles. The monoisotopic (exact) mass is 229 g/mol. The van der Waals surface area contributed by atoms with Crippen molar-refractivity contribution in [2.75, 3.05) is 11.5 Å². The van der Waals surface area contributed by atoms with Crippen molar-refractivity contribution in [1.29, 1.82) is 0 Å². The van der Waals surface area contributed by atoms with E-state index in [1.165, 1.54) is 25.0 Å². The summed E-state index contributed by atoms with van der Waals surface area (Å²) in [5, 5.41) is 9.23. The molecule has 0 amide bonds. The van der Waals surface area contributed by atoms with Crippen molar-refractivity contribution in [2.45, 2.75) is 50.7 Å².